The van der Waals surface area contributed by atoms with Crippen molar-refractivity contribution in [3.05, 3.63) is 29.5 Å². The largest absolute Gasteiger partial charge is 0.497 e. The molecule has 0 spiro atoms. The van der Waals surface area contributed by atoms with Gasteiger partial charge in [0.25, 0.3) is 0 Å². The molecule has 1 aliphatic rings. The average molecular weight is 273 g/mol. The quantitative estimate of drug-likeness (QED) is 0.620. The van der Waals surface area contributed by atoms with Crippen LogP contribution in [0.2, 0.25) is 0 Å². The number of esters is 1. The summed E-state index contributed by atoms with van der Waals surface area (Å²) in [4.78, 5) is 24.1. The number of aromatic nitrogens is 1. The lowest BCUT2D eigenvalue weighted by molar-refractivity contribution is -0.143. The van der Waals surface area contributed by atoms with E-state index in [0.29, 0.717) is 12.2 Å². The van der Waals surface area contributed by atoms with Crippen molar-refractivity contribution in [2.45, 2.75) is 13.5 Å². The van der Waals surface area contributed by atoms with Crippen molar-refractivity contribution in [2.24, 2.45) is 5.92 Å². The molecule has 0 radical (unpaired) electrons. The fourth-order valence-electron chi connectivity index (χ4n) is 2.89. The molecule has 0 fully saturated rings. The Morgan fingerprint density at radius 3 is 2.75 bits per heavy atom. The molecule has 5 nitrogen and oxygen atoms in total. The van der Waals surface area contributed by atoms with Gasteiger partial charge in [-0.1, -0.05) is 0 Å². The summed E-state index contributed by atoms with van der Waals surface area (Å²) in [5, 5.41) is 0.982. The first-order chi connectivity index (χ1) is 9.58. The third kappa shape index (κ3) is 1.56. The maximum atomic E-state index is 12.4. The van der Waals surface area contributed by atoms with Crippen LogP contribution in [-0.2, 0) is 16.1 Å². The lowest BCUT2D eigenvalue weighted by atomic mass is 10.0. The molecule has 104 valence electrons. The van der Waals surface area contributed by atoms with Crippen molar-refractivity contribution in [3.63, 3.8) is 0 Å². The van der Waals surface area contributed by atoms with Gasteiger partial charge in [-0.3, -0.25) is 9.59 Å². The van der Waals surface area contributed by atoms with Crippen LogP contribution >= 0.6 is 0 Å². The van der Waals surface area contributed by atoms with E-state index in [4.69, 9.17) is 9.47 Å². The van der Waals surface area contributed by atoms with Crippen molar-refractivity contribution in [2.75, 3.05) is 14.2 Å². The Bertz CT molecular complexity index is 729. The van der Waals surface area contributed by atoms with Gasteiger partial charge >= 0.3 is 5.97 Å². The van der Waals surface area contributed by atoms with Gasteiger partial charge in [-0.05, 0) is 30.7 Å². The van der Waals surface area contributed by atoms with Crippen LogP contribution in [0.15, 0.2) is 18.2 Å². The second-order valence-electron chi connectivity index (χ2n) is 4.91. The molecule has 1 unspecified atom stereocenters. The van der Waals surface area contributed by atoms with E-state index in [2.05, 4.69) is 0 Å². The fraction of sp³-hybridized carbons (Fsp3) is 0.333. The van der Waals surface area contributed by atoms with E-state index < -0.39 is 11.9 Å². The number of carbonyl (C=O) groups excluding carboxylic acids is 2. The number of hydrogen-bond acceptors (Lipinski definition) is 4. The Balaban J connectivity index is 2.17. The zero-order valence-corrected chi connectivity index (χ0v) is 11.6. The molecule has 1 aromatic carbocycles. The van der Waals surface area contributed by atoms with E-state index in [-0.39, 0.29) is 5.78 Å². The molecule has 0 bridgehead atoms. The smallest absolute Gasteiger partial charge is 0.318 e. The number of rotatable bonds is 2. The SMILES string of the molecule is COC(=O)C1Cn2c(c(C)c3cc(OC)ccc32)C1=O. The van der Waals surface area contributed by atoms with Gasteiger partial charge in [0, 0.05) is 17.4 Å². The van der Waals surface area contributed by atoms with Gasteiger partial charge in [-0.2, -0.15) is 0 Å². The van der Waals surface area contributed by atoms with Crippen LogP contribution < -0.4 is 4.74 Å². The van der Waals surface area contributed by atoms with E-state index in [1.54, 1.807) is 7.11 Å². The number of fused-ring (bicyclic) bond motifs is 3. The number of ether oxygens (including phenoxy) is 2. The Hall–Kier alpha value is -2.30. The van der Waals surface area contributed by atoms with Gasteiger partial charge in [0.2, 0.25) is 0 Å². The molecule has 3 rings (SSSR count). The van der Waals surface area contributed by atoms with Gasteiger partial charge in [0.15, 0.2) is 5.78 Å². The zero-order chi connectivity index (χ0) is 14.4. The van der Waals surface area contributed by atoms with E-state index >= 15 is 0 Å². The van der Waals surface area contributed by atoms with Crippen molar-refractivity contribution >= 4 is 22.7 Å². The molecular formula is C15H15NO4. The highest BCUT2D eigenvalue weighted by Gasteiger charge is 2.39. The summed E-state index contributed by atoms with van der Waals surface area (Å²) in [6.07, 6.45) is 0. The van der Waals surface area contributed by atoms with Gasteiger partial charge in [0.05, 0.1) is 19.9 Å². The average Bonchev–Trinajstić information content (AvgIpc) is 2.95. The number of benzene rings is 1. The predicted octanol–water partition coefficient (Wildman–Crippen LogP) is 1.94. The first-order valence-corrected chi connectivity index (χ1v) is 6.37. The summed E-state index contributed by atoms with van der Waals surface area (Å²) in [6.45, 7) is 2.24. The highest BCUT2D eigenvalue weighted by Crippen LogP contribution is 2.35. The predicted molar refractivity (Wildman–Crippen MR) is 73.1 cm³/mol. The molecule has 5 heteroatoms. The highest BCUT2D eigenvalue weighted by molar-refractivity contribution is 6.13. The van der Waals surface area contributed by atoms with Crippen LogP contribution in [0, 0.1) is 12.8 Å². The van der Waals surface area contributed by atoms with Crippen molar-refractivity contribution < 1.29 is 19.1 Å². The van der Waals surface area contributed by atoms with Crippen molar-refractivity contribution in [1.29, 1.82) is 0 Å². The summed E-state index contributed by atoms with van der Waals surface area (Å²) >= 11 is 0. The molecular weight excluding hydrogens is 258 g/mol. The van der Waals surface area contributed by atoms with Gasteiger partial charge in [0.1, 0.15) is 11.7 Å². The zero-order valence-electron chi connectivity index (χ0n) is 11.6. The maximum absolute atomic E-state index is 12.4. The first-order valence-electron chi connectivity index (χ1n) is 6.37. The summed E-state index contributed by atoms with van der Waals surface area (Å²) in [7, 11) is 2.91. The number of methoxy groups -OCH3 is 2. The lowest BCUT2D eigenvalue weighted by Crippen LogP contribution is -2.22. The molecule has 2 aromatic rings. The van der Waals surface area contributed by atoms with Gasteiger partial charge in [-0.25, -0.2) is 0 Å². The summed E-state index contributed by atoms with van der Waals surface area (Å²) < 4.78 is 11.8. The topological polar surface area (TPSA) is 57.5 Å². The van der Waals surface area contributed by atoms with Gasteiger partial charge in [-0.15, -0.1) is 0 Å². The Morgan fingerprint density at radius 1 is 1.35 bits per heavy atom. The number of ketones is 1. The minimum atomic E-state index is -0.722. The normalized spacial score (nSPS) is 17.4. The third-order valence-electron chi connectivity index (χ3n) is 3.92. The van der Waals surface area contributed by atoms with Crippen LogP contribution in [0.25, 0.3) is 10.9 Å². The van der Waals surface area contributed by atoms with Crippen LogP contribution in [-0.4, -0.2) is 30.5 Å². The molecule has 1 atom stereocenters. The lowest BCUT2D eigenvalue weighted by Gasteiger charge is -2.06. The van der Waals surface area contributed by atoms with Crippen LogP contribution in [0.4, 0.5) is 0 Å². The standard InChI is InChI=1S/C15H15NO4/c1-8-10-6-9(19-2)4-5-12(10)16-7-11(15(18)20-3)14(17)13(8)16/h4-6,11H,7H2,1-3H3. The molecule has 0 N–H and O–H groups in total. The first kappa shape index (κ1) is 12.7. The van der Waals surface area contributed by atoms with E-state index in [1.807, 2.05) is 29.7 Å². The Morgan fingerprint density at radius 2 is 2.10 bits per heavy atom. The summed E-state index contributed by atoms with van der Waals surface area (Å²) in [6, 6.07) is 5.68. The van der Waals surface area contributed by atoms with Crippen LogP contribution in [0.1, 0.15) is 16.1 Å². The molecule has 1 aromatic heterocycles. The second-order valence-corrected chi connectivity index (χ2v) is 4.91. The minimum absolute atomic E-state index is 0.162. The van der Waals surface area contributed by atoms with Crippen molar-refractivity contribution in [1.82, 2.24) is 4.57 Å². The molecule has 20 heavy (non-hydrogen) atoms. The molecule has 0 saturated heterocycles. The maximum Gasteiger partial charge on any atom is 0.318 e. The molecule has 2 heterocycles. The van der Waals surface area contributed by atoms with E-state index in [9.17, 15) is 9.59 Å². The Kier molecular flexibility index (Phi) is 2.78. The van der Waals surface area contributed by atoms with Crippen LogP contribution in [0.5, 0.6) is 5.75 Å². The third-order valence-corrected chi connectivity index (χ3v) is 3.92. The van der Waals surface area contributed by atoms with E-state index in [0.717, 1.165) is 22.2 Å². The molecule has 0 aliphatic carbocycles. The number of hydrogen-bond donors (Lipinski definition) is 0. The monoisotopic (exact) mass is 273 g/mol. The molecule has 0 saturated carbocycles. The molecule has 1 aliphatic heterocycles. The number of nitrogens with zero attached hydrogens (tertiary/aromatic N) is 1. The number of Topliss-reactive ketones (excluding diaryl/α,β-unsaturated/α-hetero) is 1. The summed E-state index contributed by atoms with van der Waals surface area (Å²) in [5.41, 5.74) is 2.43. The summed E-state index contributed by atoms with van der Waals surface area (Å²) in [5.74, 6) is -0.605. The van der Waals surface area contributed by atoms with Crippen LogP contribution in [0.3, 0.4) is 0 Å². The highest BCUT2D eigenvalue weighted by atomic mass is 16.5. The number of aryl methyl sites for hydroxylation is 1. The number of carbonyl (C=O) groups is 2. The van der Waals surface area contributed by atoms with E-state index in [1.165, 1.54) is 7.11 Å². The Labute approximate surface area is 116 Å². The van der Waals surface area contributed by atoms with Crippen molar-refractivity contribution in [3.8, 4) is 5.75 Å². The van der Waals surface area contributed by atoms with Gasteiger partial charge < -0.3 is 14.0 Å². The second kappa shape index (κ2) is 4.37. The minimum Gasteiger partial charge on any atom is -0.497 e. The molecule has 0 amide bonds. The fourth-order valence-corrected chi connectivity index (χ4v) is 2.89.